The molecule has 102 valence electrons. The number of hydrogen-bond acceptors (Lipinski definition) is 4. The average Bonchev–Trinajstić information content (AvgIpc) is 2.55. The van der Waals surface area contributed by atoms with Gasteiger partial charge in [0.25, 0.3) is 0 Å². The number of rotatable bonds is 6. The molecule has 2 fully saturated rings. The van der Waals surface area contributed by atoms with E-state index in [1.165, 1.54) is 4.90 Å². The van der Waals surface area contributed by atoms with Gasteiger partial charge in [-0.2, -0.15) is 0 Å². The van der Waals surface area contributed by atoms with Crippen LogP contribution in [0.25, 0.3) is 0 Å². The SMILES string of the molecule is CCCN1C(=O)CC(NC2CC(OCC)C2)C1=O. The minimum Gasteiger partial charge on any atom is -0.378 e. The molecule has 5 heteroatoms. The molecule has 1 saturated heterocycles. The molecule has 1 aliphatic heterocycles. The number of nitrogens with one attached hydrogen (secondary N) is 1. The van der Waals surface area contributed by atoms with E-state index in [-0.39, 0.29) is 17.9 Å². The molecule has 0 aromatic heterocycles. The number of imide groups is 1. The topological polar surface area (TPSA) is 58.6 Å². The Labute approximate surface area is 108 Å². The van der Waals surface area contributed by atoms with Crippen molar-refractivity contribution < 1.29 is 14.3 Å². The van der Waals surface area contributed by atoms with Crippen molar-refractivity contribution in [3.63, 3.8) is 0 Å². The van der Waals surface area contributed by atoms with Crippen molar-refractivity contribution in [3.8, 4) is 0 Å². The van der Waals surface area contributed by atoms with Crippen LogP contribution in [-0.2, 0) is 14.3 Å². The molecule has 2 amide bonds. The Balaban J connectivity index is 1.78. The van der Waals surface area contributed by atoms with Gasteiger partial charge in [-0.1, -0.05) is 6.92 Å². The smallest absolute Gasteiger partial charge is 0.246 e. The molecule has 0 spiro atoms. The molecular formula is C13H22N2O3. The van der Waals surface area contributed by atoms with Crippen molar-refractivity contribution in [1.29, 1.82) is 0 Å². The van der Waals surface area contributed by atoms with Crippen LogP contribution in [0.3, 0.4) is 0 Å². The first-order valence-corrected chi connectivity index (χ1v) is 6.87. The van der Waals surface area contributed by atoms with Crippen LogP contribution < -0.4 is 5.32 Å². The Bertz CT molecular complexity index is 326. The summed E-state index contributed by atoms with van der Waals surface area (Å²) >= 11 is 0. The van der Waals surface area contributed by atoms with Gasteiger partial charge in [0.1, 0.15) is 0 Å². The molecule has 18 heavy (non-hydrogen) atoms. The summed E-state index contributed by atoms with van der Waals surface area (Å²) in [5.74, 6) is -0.0956. The van der Waals surface area contributed by atoms with Gasteiger partial charge in [-0.05, 0) is 26.2 Å². The summed E-state index contributed by atoms with van der Waals surface area (Å²) in [5, 5.41) is 3.28. The van der Waals surface area contributed by atoms with Crippen molar-refractivity contribution in [1.82, 2.24) is 10.2 Å². The van der Waals surface area contributed by atoms with Gasteiger partial charge in [-0.3, -0.25) is 14.5 Å². The lowest BCUT2D eigenvalue weighted by Gasteiger charge is -2.36. The van der Waals surface area contributed by atoms with Crippen LogP contribution in [0.1, 0.15) is 39.5 Å². The largest absolute Gasteiger partial charge is 0.378 e. The van der Waals surface area contributed by atoms with Gasteiger partial charge >= 0.3 is 0 Å². The summed E-state index contributed by atoms with van der Waals surface area (Å²) in [6.45, 7) is 5.24. The van der Waals surface area contributed by atoms with Crippen LogP contribution in [0.5, 0.6) is 0 Å². The van der Waals surface area contributed by atoms with Gasteiger partial charge < -0.3 is 10.1 Å². The lowest BCUT2D eigenvalue weighted by Crippen LogP contribution is -2.51. The Morgan fingerprint density at radius 3 is 2.67 bits per heavy atom. The summed E-state index contributed by atoms with van der Waals surface area (Å²) in [5.41, 5.74) is 0. The van der Waals surface area contributed by atoms with Gasteiger partial charge in [-0.25, -0.2) is 0 Å². The third kappa shape index (κ3) is 2.72. The van der Waals surface area contributed by atoms with Crippen molar-refractivity contribution >= 4 is 11.8 Å². The summed E-state index contributed by atoms with van der Waals surface area (Å²) in [6.07, 6.45) is 3.35. The first-order valence-electron chi connectivity index (χ1n) is 6.87. The molecule has 1 heterocycles. The number of amides is 2. The molecule has 1 aliphatic carbocycles. The molecule has 0 radical (unpaired) electrons. The highest BCUT2D eigenvalue weighted by atomic mass is 16.5. The minimum absolute atomic E-state index is 0.0416. The normalized spacial score (nSPS) is 31.9. The molecule has 5 nitrogen and oxygen atoms in total. The van der Waals surface area contributed by atoms with E-state index < -0.39 is 0 Å². The van der Waals surface area contributed by atoms with Gasteiger partial charge in [0.15, 0.2) is 0 Å². The summed E-state index contributed by atoms with van der Waals surface area (Å²) in [4.78, 5) is 25.1. The van der Waals surface area contributed by atoms with Crippen molar-refractivity contribution in [2.24, 2.45) is 0 Å². The van der Waals surface area contributed by atoms with Gasteiger partial charge in [0.2, 0.25) is 11.8 Å². The number of likely N-dealkylation sites (tertiary alicyclic amines) is 1. The van der Waals surface area contributed by atoms with Crippen LogP contribution in [0, 0.1) is 0 Å². The van der Waals surface area contributed by atoms with E-state index in [9.17, 15) is 9.59 Å². The second-order valence-corrected chi connectivity index (χ2v) is 5.05. The van der Waals surface area contributed by atoms with E-state index >= 15 is 0 Å². The zero-order valence-electron chi connectivity index (χ0n) is 11.1. The quantitative estimate of drug-likeness (QED) is 0.708. The number of carbonyl (C=O) groups is 2. The molecule has 0 bridgehead atoms. The fraction of sp³-hybridized carbons (Fsp3) is 0.846. The zero-order valence-corrected chi connectivity index (χ0v) is 11.1. The molecule has 1 atom stereocenters. The van der Waals surface area contributed by atoms with E-state index in [1.54, 1.807) is 0 Å². The number of ether oxygens (including phenoxy) is 1. The molecule has 1 unspecified atom stereocenters. The highest BCUT2D eigenvalue weighted by Crippen LogP contribution is 2.25. The maximum atomic E-state index is 12.0. The fourth-order valence-electron chi connectivity index (χ4n) is 2.63. The molecule has 2 rings (SSSR count). The van der Waals surface area contributed by atoms with Crippen LogP contribution in [0.15, 0.2) is 0 Å². The second kappa shape index (κ2) is 5.80. The first-order chi connectivity index (χ1) is 8.65. The molecule has 1 saturated carbocycles. The fourth-order valence-corrected chi connectivity index (χ4v) is 2.63. The summed E-state index contributed by atoms with van der Waals surface area (Å²) in [7, 11) is 0. The van der Waals surface area contributed by atoms with Crippen LogP contribution >= 0.6 is 0 Å². The third-order valence-electron chi connectivity index (χ3n) is 3.63. The van der Waals surface area contributed by atoms with Crippen LogP contribution in [0.4, 0.5) is 0 Å². The maximum absolute atomic E-state index is 12.0. The first kappa shape index (κ1) is 13.5. The Hall–Kier alpha value is -0.940. The summed E-state index contributed by atoms with van der Waals surface area (Å²) < 4.78 is 5.48. The molecule has 0 aromatic rings. The molecular weight excluding hydrogens is 232 g/mol. The van der Waals surface area contributed by atoms with Crippen LogP contribution in [0.2, 0.25) is 0 Å². The summed E-state index contributed by atoms with van der Waals surface area (Å²) in [6, 6.07) is 0.0153. The van der Waals surface area contributed by atoms with E-state index in [4.69, 9.17) is 4.74 Å². The van der Waals surface area contributed by atoms with Gasteiger partial charge in [-0.15, -0.1) is 0 Å². The zero-order chi connectivity index (χ0) is 13.1. The van der Waals surface area contributed by atoms with Gasteiger partial charge in [0, 0.05) is 19.2 Å². The Kier molecular flexibility index (Phi) is 4.35. The van der Waals surface area contributed by atoms with Crippen molar-refractivity contribution in [2.45, 2.75) is 57.7 Å². The number of hydrogen-bond donors (Lipinski definition) is 1. The highest BCUT2D eigenvalue weighted by Gasteiger charge is 2.41. The number of nitrogens with zero attached hydrogens (tertiary/aromatic N) is 1. The Morgan fingerprint density at radius 1 is 1.33 bits per heavy atom. The monoisotopic (exact) mass is 254 g/mol. The van der Waals surface area contributed by atoms with E-state index in [2.05, 4.69) is 5.32 Å². The average molecular weight is 254 g/mol. The van der Waals surface area contributed by atoms with E-state index in [1.807, 2.05) is 13.8 Å². The van der Waals surface area contributed by atoms with Crippen LogP contribution in [-0.4, -0.2) is 48.1 Å². The van der Waals surface area contributed by atoms with Crippen molar-refractivity contribution in [2.75, 3.05) is 13.2 Å². The molecule has 1 N–H and O–H groups in total. The second-order valence-electron chi connectivity index (χ2n) is 5.05. The maximum Gasteiger partial charge on any atom is 0.246 e. The lowest BCUT2D eigenvalue weighted by atomic mass is 9.88. The van der Waals surface area contributed by atoms with E-state index in [0.717, 1.165) is 25.9 Å². The minimum atomic E-state index is -0.309. The predicted molar refractivity (Wildman–Crippen MR) is 67.0 cm³/mol. The lowest BCUT2D eigenvalue weighted by molar-refractivity contribution is -0.139. The third-order valence-corrected chi connectivity index (χ3v) is 3.63. The molecule has 0 aromatic carbocycles. The highest BCUT2D eigenvalue weighted by molar-refractivity contribution is 6.05. The van der Waals surface area contributed by atoms with Crippen molar-refractivity contribution in [3.05, 3.63) is 0 Å². The molecule has 2 aliphatic rings. The van der Waals surface area contributed by atoms with E-state index in [0.29, 0.717) is 25.1 Å². The Morgan fingerprint density at radius 2 is 2.06 bits per heavy atom. The number of carbonyl (C=O) groups excluding carboxylic acids is 2. The predicted octanol–water partition coefficient (Wildman–Crippen LogP) is 0.681. The van der Waals surface area contributed by atoms with Gasteiger partial charge in [0.05, 0.1) is 18.6 Å². The standard InChI is InChI=1S/C13H22N2O3/c1-3-5-15-12(16)8-11(13(15)17)14-9-6-10(7-9)18-4-2/h9-11,14H,3-8H2,1-2H3.